The van der Waals surface area contributed by atoms with Gasteiger partial charge >= 0.3 is 0 Å². The first kappa shape index (κ1) is 19.6. The van der Waals surface area contributed by atoms with Gasteiger partial charge in [-0.1, -0.05) is 12.1 Å². The highest BCUT2D eigenvalue weighted by Gasteiger charge is 2.25. The molecular formula is C22H25N7O. The molecule has 1 amide bonds. The molecule has 0 saturated carbocycles. The van der Waals surface area contributed by atoms with Gasteiger partial charge in [-0.15, -0.1) is 0 Å². The van der Waals surface area contributed by atoms with Gasteiger partial charge in [0.1, 0.15) is 24.0 Å². The fraction of sp³-hybridized carbons (Fsp3) is 0.273. The topological polar surface area (TPSA) is 73.8 Å². The molecule has 0 aliphatic carbocycles. The Balaban J connectivity index is 1.61. The number of amides is 1. The van der Waals surface area contributed by atoms with Gasteiger partial charge in [0, 0.05) is 25.5 Å². The zero-order chi connectivity index (χ0) is 21.4. The summed E-state index contributed by atoms with van der Waals surface area (Å²) in [6.07, 6.45) is 4.81. The Morgan fingerprint density at radius 1 is 1.03 bits per heavy atom. The predicted octanol–water partition coefficient (Wildman–Crippen LogP) is 3.24. The second kappa shape index (κ2) is 7.62. The number of aryl methyl sites for hydroxylation is 3. The van der Waals surface area contributed by atoms with Gasteiger partial charge in [-0.05, 0) is 50.6 Å². The third kappa shape index (κ3) is 3.30. The molecule has 0 N–H and O–H groups in total. The minimum Gasteiger partial charge on any atom is -0.335 e. The Bertz CT molecular complexity index is 1150. The van der Waals surface area contributed by atoms with Crippen LogP contribution in [0.3, 0.4) is 0 Å². The average molecular weight is 403 g/mol. The molecular weight excluding hydrogens is 378 g/mol. The molecule has 1 atom stereocenters. The third-order valence-corrected chi connectivity index (χ3v) is 5.58. The number of carbonyl (C=O) groups excluding carboxylic acids is 1. The molecule has 0 aliphatic rings. The van der Waals surface area contributed by atoms with Crippen molar-refractivity contribution in [2.75, 3.05) is 7.05 Å². The zero-order valence-corrected chi connectivity index (χ0v) is 17.8. The van der Waals surface area contributed by atoms with Crippen LogP contribution in [0.15, 0.2) is 55.2 Å². The van der Waals surface area contributed by atoms with Crippen LogP contribution in [0.5, 0.6) is 0 Å². The van der Waals surface area contributed by atoms with Crippen molar-refractivity contribution in [3.05, 3.63) is 77.8 Å². The molecule has 4 rings (SSSR count). The lowest BCUT2D eigenvalue weighted by molar-refractivity contribution is 0.0742. The second-order valence-corrected chi connectivity index (χ2v) is 7.48. The van der Waals surface area contributed by atoms with E-state index in [1.165, 1.54) is 6.33 Å². The largest absolute Gasteiger partial charge is 0.335 e. The number of benzene rings is 1. The van der Waals surface area contributed by atoms with Gasteiger partial charge < -0.3 is 9.47 Å². The summed E-state index contributed by atoms with van der Waals surface area (Å²) in [4.78, 5) is 19.1. The van der Waals surface area contributed by atoms with Crippen molar-refractivity contribution in [3.8, 4) is 11.5 Å². The van der Waals surface area contributed by atoms with Crippen LogP contribution < -0.4 is 0 Å². The SMILES string of the molecule is Cc1ccc(C)n1-c1c(C(=O)N(C)C(C)c2ccc(-n3cncn3)cc2)cnn1C. The molecule has 4 aromatic rings. The van der Waals surface area contributed by atoms with Gasteiger partial charge in [0.05, 0.1) is 17.9 Å². The van der Waals surface area contributed by atoms with Crippen molar-refractivity contribution in [3.63, 3.8) is 0 Å². The maximum absolute atomic E-state index is 13.4. The average Bonchev–Trinajstić information content (AvgIpc) is 3.48. The van der Waals surface area contributed by atoms with Gasteiger partial charge in [0.15, 0.2) is 0 Å². The van der Waals surface area contributed by atoms with Gasteiger partial charge in [0.2, 0.25) is 0 Å². The first-order chi connectivity index (χ1) is 14.4. The van der Waals surface area contributed by atoms with Crippen molar-refractivity contribution < 1.29 is 4.79 Å². The van der Waals surface area contributed by atoms with Crippen LogP contribution in [0.4, 0.5) is 0 Å². The number of hydrogen-bond acceptors (Lipinski definition) is 4. The molecule has 0 saturated heterocycles. The molecule has 1 unspecified atom stereocenters. The summed E-state index contributed by atoms with van der Waals surface area (Å²) in [6, 6.07) is 11.9. The Morgan fingerprint density at radius 3 is 2.30 bits per heavy atom. The fourth-order valence-corrected chi connectivity index (χ4v) is 3.69. The molecule has 0 bridgehead atoms. The minimum absolute atomic E-state index is 0.0709. The predicted molar refractivity (Wildman–Crippen MR) is 114 cm³/mol. The normalized spacial score (nSPS) is 12.2. The van der Waals surface area contributed by atoms with Crippen LogP contribution >= 0.6 is 0 Å². The lowest BCUT2D eigenvalue weighted by Crippen LogP contribution is -2.30. The molecule has 0 fully saturated rings. The summed E-state index contributed by atoms with van der Waals surface area (Å²) in [5.74, 6) is 0.707. The lowest BCUT2D eigenvalue weighted by atomic mass is 10.1. The van der Waals surface area contributed by atoms with Gasteiger partial charge in [0.25, 0.3) is 5.91 Å². The minimum atomic E-state index is -0.109. The van der Waals surface area contributed by atoms with E-state index in [0.717, 1.165) is 28.5 Å². The monoisotopic (exact) mass is 403 g/mol. The molecule has 30 heavy (non-hydrogen) atoms. The van der Waals surface area contributed by atoms with Crippen molar-refractivity contribution in [2.45, 2.75) is 26.8 Å². The maximum atomic E-state index is 13.4. The first-order valence-corrected chi connectivity index (χ1v) is 9.78. The van der Waals surface area contributed by atoms with E-state index in [1.54, 1.807) is 26.8 Å². The summed E-state index contributed by atoms with van der Waals surface area (Å²) >= 11 is 0. The van der Waals surface area contributed by atoms with E-state index in [9.17, 15) is 4.79 Å². The van der Waals surface area contributed by atoms with Crippen LogP contribution in [0.1, 0.15) is 40.3 Å². The highest BCUT2D eigenvalue weighted by Crippen LogP contribution is 2.25. The molecule has 3 aromatic heterocycles. The first-order valence-electron chi connectivity index (χ1n) is 9.78. The number of carbonyl (C=O) groups is 1. The summed E-state index contributed by atoms with van der Waals surface area (Å²) in [5, 5.41) is 8.51. The van der Waals surface area contributed by atoms with E-state index in [0.29, 0.717) is 5.56 Å². The number of aromatic nitrogens is 6. The van der Waals surface area contributed by atoms with Crippen molar-refractivity contribution in [1.29, 1.82) is 0 Å². The van der Waals surface area contributed by atoms with E-state index in [2.05, 4.69) is 19.7 Å². The Labute approximate surface area is 175 Å². The third-order valence-electron chi connectivity index (χ3n) is 5.58. The summed E-state index contributed by atoms with van der Waals surface area (Å²) in [5.41, 5.74) is 4.65. The molecule has 0 aliphatic heterocycles. The maximum Gasteiger partial charge on any atom is 0.259 e. The second-order valence-electron chi connectivity index (χ2n) is 7.48. The molecule has 1 aromatic carbocycles. The van der Waals surface area contributed by atoms with Crippen molar-refractivity contribution in [1.82, 2.24) is 34.0 Å². The van der Waals surface area contributed by atoms with Gasteiger partial charge in [-0.3, -0.25) is 9.48 Å². The quantitative estimate of drug-likeness (QED) is 0.513. The zero-order valence-electron chi connectivity index (χ0n) is 17.8. The summed E-state index contributed by atoms with van der Waals surface area (Å²) in [7, 11) is 3.68. The van der Waals surface area contributed by atoms with Crippen molar-refractivity contribution >= 4 is 5.91 Å². The van der Waals surface area contributed by atoms with Crippen molar-refractivity contribution in [2.24, 2.45) is 7.05 Å². The molecule has 0 spiro atoms. The van der Waals surface area contributed by atoms with Gasteiger partial charge in [-0.2, -0.15) is 10.2 Å². The highest BCUT2D eigenvalue weighted by molar-refractivity contribution is 5.97. The molecule has 3 heterocycles. The Hall–Kier alpha value is -3.68. The Morgan fingerprint density at radius 2 is 1.70 bits per heavy atom. The fourth-order valence-electron chi connectivity index (χ4n) is 3.69. The van der Waals surface area contributed by atoms with E-state index in [-0.39, 0.29) is 11.9 Å². The molecule has 154 valence electrons. The summed E-state index contributed by atoms with van der Waals surface area (Å²) in [6.45, 7) is 6.07. The van der Waals surface area contributed by atoms with E-state index in [1.807, 2.05) is 71.3 Å². The number of hydrogen-bond donors (Lipinski definition) is 0. The van der Waals surface area contributed by atoms with E-state index < -0.39 is 0 Å². The highest BCUT2D eigenvalue weighted by atomic mass is 16.2. The molecule has 0 radical (unpaired) electrons. The standard InChI is InChI=1S/C22H25N7O/c1-15-6-7-16(2)29(15)21-20(12-24-27(21)5)22(30)26(4)17(3)18-8-10-19(11-9-18)28-14-23-13-25-28/h6-14,17H,1-5H3. The lowest BCUT2D eigenvalue weighted by Gasteiger charge is -2.26. The molecule has 8 heteroatoms. The van der Waals surface area contributed by atoms with Crippen LogP contribution in [0.25, 0.3) is 11.5 Å². The molecule has 8 nitrogen and oxygen atoms in total. The van der Waals surface area contributed by atoms with E-state index in [4.69, 9.17) is 0 Å². The van der Waals surface area contributed by atoms with Gasteiger partial charge in [-0.25, -0.2) is 9.67 Å². The van der Waals surface area contributed by atoms with Crippen LogP contribution in [-0.4, -0.2) is 47.0 Å². The number of rotatable bonds is 5. The van der Waals surface area contributed by atoms with Crippen LogP contribution in [-0.2, 0) is 7.05 Å². The van der Waals surface area contributed by atoms with Crippen LogP contribution in [0.2, 0.25) is 0 Å². The van der Waals surface area contributed by atoms with E-state index >= 15 is 0 Å². The summed E-state index contributed by atoms with van der Waals surface area (Å²) < 4.78 is 5.51. The smallest absolute Gasteiger partial charge is 0.259 e. The van der Waals surface area contributed by atoms with Crippen LogP contribution in [0, 0.1) is 13.8 Å². The Kier molecular flexibility index (Phi) is 4.99. The number of nitrogens with zero attached hydrogens (tertiary/aromatic N) is 7.